The predicted molar refractivity (Wildman–Crippen MR) is 95.0 cm³/mol. The van der Waals surface area contributed by atoms with Crippen LogP contribution >= 0.6 is 11.3 Å². The van der Waals surface area contributed by atoms with Crippen LogP contribution in [0.15, 0.2) is 35.7 Å². The summed E-state index contributed by atoms with van der Waals surface area (Å²) < 4.78 is 0. The van der Waals surface area contributed by atoms with E-state index in [1.807, 2.05) is 29.2 Å². The molecular formula is C18H21N3O2S. The van der Waals surface area contributed by atoms with Gasteiger partial charge in [0.05, 0.1) is 6.04 Å². The Bertz CT molecular complexity index is 739. The Balaban J connectivity index is 1.75. The number of fused-ring (bicyclic) bond motifs is 1. The Kier molecular flexibility index (Phi) is 4.85. The zero-order chi connectivity index (χ0) is 17.1. The van der Waals surface area contributed by atoms with Crippen molar-refractivity contribution in [1.29, 1.82) is 0 Å². The summed E-state index contributed by atoms with van der Waals surface area (Å²) in [5, 5.41) is 4.66. The van der Waals surface area contributed by atoms with Crippen LogP contribution < -0.4 is 11.1 Å². The second-order valence-corrected chi connectivity index (χ2v) is 6.89. The van der Waals surface area contributed by atoms with E-state index in [4.69, 9.17) is 5.73 Å². The molecule has 1 aromatic heterocycles. The lowest BCUT2D eigenvalue weighted by Crippen LogP contribution is -2.39. The molecule has 1 aliphatic rings. The summed E-state index contributed by atoms with van der Waals surface area (Å²) in [6.45, 7) is 3.25. The van der Waals surface area contributed by atoms with Crippen molar-refractivity contribution < 1.29 is 9.59 Å². The van der Waals surface area contributed by atoms with Crippen LogP contribution in [0.4, 0.5) is 4.79 Å². The lowest BCUT2D eigenvalue weighted by atomic mass is 9.96. The van der Waals surface area contributed by atoms with E-state index in [9.17, 15) is 9.59 Å². The fourth-order valence-corrected chi connectivity index (χ4v) is 4.13. The third-order valence-electron chi connectivity index (χ3n) is 4.41. The van der Waals surface area contributed by atoms with Gasteiger partial charge < -0.3 is 16.0 Å². The van der Waals surface area contributed by atoms with Gasteiger partial charge in [0.15, 0.2) is 0 Å². The number of nitrogens with one attached hydrogen (secondary N) is 1. The SMILES string of the molecule is CC[C@H]1c2ccsc2CCN1C(=O)c1ccc(CNC(N)=O)cc1. The number of benzene rings is 1. The van der Waals surface area contributed by atoms with Crippen LogP contribution in [0.5, 0.6) is 0 Å². The average Bonchev–Trinajstić information content (AvgIpc) is 3.07. The maximum absolute atomic E-state index is 12.9. The largest absolute Gasteiger partial charge is 0.352 e. The van der Waals surface area contributed by atoms with Gasteiger partial charge in [-0.3, -0.25) is 4.79 Å². The molecule has 0 saturated carbocycles. The molecule has 24 heavy (non-hydrogen) atoms. The Morgan fingerprint density at radius 2 is 2.04 bits per heavy atom. The number of urea groups is 1. The van der Waals surface area contributed by atoms with E-state index < -0.39 is 6.03 Å². The quantitative estimate of drug-likeness (QED) is 0.895. The van der Waals surface area contributed by atoms with Crippen molar-refractivity contribution >= 4 is 23.3 Å². The van der Waals surface area contributed by atoms with Gasteiger partial charge in [-0.15, -0.1) is 11.3 Å². The minimum absolute atomic E-state index is 0.0631. The lowest BCUT2D eigenvalue weighted by Gasteiger charge is -2.35. The normalized spacial score (nSPS) is 16.5. The Morgan fingerprint density at radius 1 is 1.29 bits per heavy atom. The van der Waals surface area contributed by atoms with E-state index in [1.165, 1.54) is 10.4 Å². The van der Waals surface area contributed by atoms with Crippen LogP contribution in [0.25, 0.3) is 0 Å². The molecule has 0 aliphatic carbocycles. The molecule has 2 aromatic rings. The molecule has 1 aliphatic heterocycles. The van der Waals surface area contributed by atoms with Crippen LogP contribution in [0.3, 0.4) is 0 Å². The monoisotopic (exact) mass is 343 g/mol. The number of primary amides is 1. The summed E-state index contributed by atoms with van der Waals surface area (Å²) in [6.07, 6.45) is 1.84. The smallest absolute Gasteiger partial charge is 0.312 e. The van der Waals surface area contributed by atoms with E-state index >= 15 is 0 Å². The Labute approximate surface area is 145 Å². The number of hydrogen-bond donors (Lipinski definition) is 2. The lowest BCUT2D eigenvalue weighted by molar-refractivity contribution is 0.0657. The minimum atomic E-state index is -0.555. The van der Waals surface area contributed by atoms with Gasteiger partial charge in [0.25, 0.3) is 5.91 Å². The number of nitrogens with zero attached hydrogens (tertiary/aromatic N) is 1. The molecule has 5 nitrogen and oxygen atoms in total. The van der Waals surface area contributed by atoms with E-state index in [-0.39, 0.29) is 11.9 Å². The van der Waals surface area contributed by atoms with Crippen molar-refractivity contribution in [3.8, 4) is 0 Å². The van der Waals surface area contributed by atoms with Gasteiger partial charge in [0.1, 0.15) is 0 Å². The van der Waals surface area contributed by atoms with Crippen LogP contribution in [-0.2, 0) is 13.0 Å². The molecule has 0 spiro atoms. The summed E-state index contributed by atoms with van der Waals surface area (Å²) >= 11 is 1.78. The summed E-state index contributed by atoms with van der Waals surface area (Å²) in [5.74, 6) is 0.0631. The maximum Gasteiger partial charge on any atom is 0.312 e. The van der Waals surface area contributed by atoms with E-state index in [0.29, 0.717) is 12.1 Å². The number of rotatable bonds is 4. The number of amides is 3. The predicted octanol–water partition coefficient (Wildman–Crippen LogP) is 3.07. The van der Waals surface area contributed by atoms with E-state index in [2.05, 4.69) is 23.7 Å². The number of thiophene rings is 1. The molecule has 0 bridgehead atoms. The van der Waals surface area contributed by atoms with Crippen LogP contribution in [-0.4, -0.2) is 23.4 Å². The van der Waals surface area contributed by atoms with Gasteiger partial charge >= 0.3 is 6.03 Å². The highest BCUT2D eigenvalue weighted by Gasteiger charge is 2.30. The average molecular weight is 343 g/mol. The van der Waals surface area contributed by atoms with Crippen molar-refractivity contribution in [2.45, 2.75) is 32.4 Å². The third kappa shape index (κ3) is 3.28. The highest BCUT2D eigenvalue weighted by molar-refractivity contribution is 7.10. The van der Waals surface area contributed by atoms with Gasteiger partial charge in [0.2, 0.25) is 0 Å². The molecule has 0 radical (unpaired) electrons. The topological polar surface area (TPSA) is 75.4 Å². The van der Waals surface area contributed by atoms with Crippen molar-refractivity contribution in [1.82, 2.24) is 10.2 Å². The number of nitrogens with two attached hydrogens (primary N) is 1. The molecule has 2 heterocycles. The van der Waals surface area contributed by atoms with E-state index in [0.717, 1.165) is 24.9 Å². The zero-order valence-corrected chi connectivity index (χ0v) is 14.4. The fourth-order valence-electron chi connectivity index (χ4n) is 3.20. The van der Waals surface area contributed by atoms with Crippen molar-refractivity contribution in [2.75, 3.05) is 6.54 Å². The first-order valence-electron chi connectivity index (χ1n) is 8.09. The summed E-state index contributed by atoms with van der Waals surface area (Å²) in [6, 6.07) is 9.08. The first-order chi connectivity index (χ1) is 11.6. The Morgan fingerprint density at radius 3 is 2.71 bits per heavy atom. The molecule has 0 saturated heterocycles. The number of carbonyl (C=O) groups is 2. The second-order valence-electron chi connectivity index (χ2n) is 5.89. The van der Waals surface area contributed by atoms with Gasteiger partial charge in [-0.25, -0.2) is 4.79 Å². The summed E-state index contributed by atoms with van der Waals surface area (Å²) in [5.41, 5.74) is 7.95. The Hall–Kier alpha value is -2.34. The molecule has 1 aromatic carbocycles. The molecule has 3 N–H and O–H groups in total. The molecule has 3 amide bonds. The van der Waals surface area contributed by atoms with Gasteiger partial charge in [-0.2, -0.15) is 0 Å². The molecular weight excluding hydrogens is 322 g/mol. The highest BCUT2D eigenvalue weighted by Crippen LogP contribution is 2.35. The number of hydrogen-bond acceptors (Lipinski definition) is 3. The third-order valence-corrected chi connectivity index (χ3v) is 5.41. The summed E-state index contributed by atoms with van der Waals surface area (Å²) in [4.78, 5) is 27.1. The molecule has 1 atom stereocenters. The number of carbonyl (C=O) groups excluding carboxylic acids is 2. The van der Waals surface area contributed by atoms with Crippen LogP contribution in [0, 0.1) is 0 Å². The molecule has 0 unspecified atom stereocenters. The van der Waals surface area contributed by atoms with Gasteiger partial charge in [-0.05, 0) is 47.5 Å². The zero-order valence-electron chi connectivity index (χ0n) is 13.6. The summed E-state index contributed by atoms with van der Waals surface area (Å²) in [7, 11) is 0. The van der Waals surface area contributed by atoms with Crippen molar-refractivity contribution in [3.05, 3.63) is 57.3 Å². The molecule has 6 heteroatoms. The van der Waals surface area contributed by atoms with Gasteiger partial charge in [0, 0.05) is 23.5 Å². The van der Waals surface area contributed by atoms with Crippen molar-refractivity contribution in [3.63, 3.8) is 0 Å². The van der Waals surface area contributed by atoms with Gasteiger partial charge in [-0.1, -0.05) is 19.1 Å². The molecule has 0 fully saturated rings. The van der Waals surface area contributed by atoms with Crippen molar-refractivity contribution in [2.24, 2.45) is 5.73 Å². The highest BCUT2D eigenvalue weighted by atomic mass is 32.1. The first-order valence-corrected chi connectivity index (χ1v) is 8.97. The first kappa shape index (κ1) is 16.5. The standard InChI is InChI=1S/C18H21N3O2S/c1-2-15-14-8-10-24-16(14)7-9-21(15)17(22)13-5-3-12(4-6-13)11-20-18(19)23/h3-6,8,10,15H,2,7,9,11H2,1H3,(H3,19,20,23)/t15-/m0/s1. The molecule has 3 rings (SSSR count). The van der Waals surface area contributed by atoms with E-state index in [1.54, 1.807) is 11.3 Å². The fraction of sp³-hybridized carbons (Fsp3) is 0.333. The van der Waals surface area contributed by atoms with Crippen LogP contribution in [0.2, 0.25) is 0 Å². The molecule has 126 valence electrons. The second kappa shape index (κ2) is 7.05. The van der Waals surface area contributed by atoms with Crippen LogP contribution in [0.1, 0.15) is 45.7 Å². The minimum Gasteiger partial charge on any atom is -0.352 e. The maximum atomic E-state index is 12.9.